The SMILES string of the molecule is CCOC(=O)C[C@](C)(O)/C=C/c1ccccc1. The van der Waals surface area contributed by atoms with Gasteiger partial charge in [-0.05, 0) is 19.4 Å². The molecule has 0 bridgehead atoms. The van der Waals surface area contributed by atoms with Gasteiger partial charge in [-0.2, -0.15) is 0 Å². The maximum absolute atomic E-state index is 11.3. The number of hydrogen-bond acceptors (Lipinski definition) is 3. The van der Waals surface area contributed by atoms with E-state index in [9.17, 15) is 9.90 Å². The first-order valence-electron chi connectivity index (χ1n) is 5.66. The van der Waals surface area contributed by atoms with Gasteiger partial charge in [-0.25, -0.2) is 0 Å². The van der Waals surface area contributed by atoms with E-state index in [1.54, 1.807) is 26.0 Å². The Morgan fingerprint density at radius 2 is 2.06 bits per heavy atom. The van der Waals surface area contributed by atoms with E-state index >= 15 is 0 Å². The number of ether oxygens (including phenoxy) is 1. The molecule has 1 atom stereocenters. The van der Waals surface area contributed by atoms with Gasteiger partial charge in [0.05, 0.1) is 18.6 Å². The first-order valence-corrected chi connectivity index (χ1v) is 5.66. The minimum atomic E-state index is -1.18. The van der Waals surface area contributed by atoms with Gasteiger partial charge in [0.1, 0.15) is 0 Å². The molecule has 17 heavy (non-hydrogen) atoms. The van der Waals surface area contributed by atoms with Crippen molar-refractivity contribution in [2.24, 2.45) is 0 Å². The van der Waals surface area contributed by atoms with Crippen LogP contribution in [0.1, 0.15) is 25.8 Å². The Kier molecular flexibility index (Phi) is 4.91. The molecule has 1 rings (SSSR count). The van der Waals surface area contributed by atoms with Crippen LogP contribution in [-0.4, -0.2) is 23.3 Å². The standard InChI is InChI=1S/C14H18O3/c1-3-17-13(15)11-14(2,16)10-9-12-7-5-4-6-8-12/h4-10,16H,3,11H2,1-2H3/b10-9+/t14-/m1/s1. The molecule has 0 heterocycles. The van der Waals surface area contributed by atoms with Gasteiger partial charge < -0.3 is 9.84 Å². The molecule has 0 unspecified atom stereocenters. The largest absolute Gasteiger partial charge is 0.466 e. The summed E-state index contributed by atoms with van der Waals surface area (Å²) in [5.74, 6) is -0.393. The van der Waals surface area contributed by atoms with Gasteiger partial charge in [-0.3, -0.25) is 4.79 Å². The van der Waals surface area contributed by atoms with Gasteiger partial charge in [-0.1, -0.05) is 42.5 Å². The highest BCUT2D eigenvalue weighted by Crippen LogP contribution is 2.14. The van der Waals surface area contributed by atoms with Crippen LogP contribution in [0.15, 0.2) is 36.4 Å². The van der Waals surface area contributed by atoms with Crippen molar-refractivity contribution in [2.75, 3.05) is 6.61 Å². The van der Waals surface area contributed by atoms with Crippen LogP contribution in [0.3, 0.4) is 0 Å². The maximum atomic E-state index is 11.3. The number of carbonyl (C=O) groups is 1. The molecule has 1 aromatic rings. The molecule has 0 aliphatic rings. The molecule has 0 aromatic heterocycles. The summed E-state index contributed by atoms with van der Waals surface area (Å²) in [6, 6.07) is 9.61. The molecule has 0 spiro atoms. The average molecular weight is 234 g/mol. The summed E-state index contributed by atoms with van der Waals surface area (Å²) in [6.07, 6.45) is 3.36. The zero-order valence-corrected chi connectivity index (χ0v) is 10.2. The highest BCUT2D eigenvalue weighted by atomic mass is 16.5. The highest BCUT2D eigenvalue weighted by Gasteiger charge is 2.21. The van der Waals surface area contributed by atoms with E-state index in [0.717, 1.165) is 5.56 Å². The molecule has 0 amide bonds. The Bertz CT molecular complexity index is 380. The lowest BCUT2D eigenvalue weighted by atomic mass is 10.0. The first kappa shape index (κ1) is 13.5. The van der Waals surface area contributed by atoms with E-state index in [1.165, 1.54) is 0 Å². The minimum absolute atomic E-state index is 0.0375. The van der Waals surface area contributed by atoms with Crippen molar-refractivity contribution in [1.82, 2.24) is 0 Å². The molecule has 0 radical (unpaired) electrons. The molecule has 1 aromatic carbocycles. The summed E-state index contributed by atoms with van der Waals surface area (Å²) < 4.78 is 4.80. The first-order chi connectivity index (χ1) is 8.03. The number of esters is 1. The van der Waals surface area contributed by atoms with E-state index in [-0.39, 0.29) is 6.42 Å². The van der Waals surface area contributed by atoms with Crippen molar-refractivity contribution in [2.45, 2.75) is 25.9 Å². The Hall–Kier alpha value is -1.61. The van der Waals surface area contributed by atoms with Crippen molar-refractivity contribution in [3.8, 4) is 0 Å². The number of benzene rings is 1. The second kappa shape index (κ2) is 6.21. The van der Waals surface area contributed by atoms with Gasteiger partial charge in [0.2, 0.25) is 0 Å². The highest BCUT2D eigenvalue weighted by molar-refractivity contribution is 5.71. The third-order valence-corrected chi connectivity index (χ3v) is 2.24. The lowest BCUT2D eigenvalue weighted by Gasteiger charge is -2.17. The monoisotopic (exact) mass is 234 g/mol. The van der Waals surface area contributed by atoms with Crippen LogP contribution in [0.4, 0.5) is 0 Å². The van der Waals surface area contributed by atoms with Crippen LogP contribution >= 0.6 is 0 Å². The predicted octanol–water partition coefficient (Wildman–Crippen LogP) is 2.40. The second-order valence-corrected chi connectivity index (χ2v) is 4.08. The number of hydrogen-bond donors (Lipinski definition) is 1. The Morgan fingerprint density at radius 3 is 2.65 bits per heavy atom. The fourth-order valence-electron chi connectivity index (χ4n) is 1.40. The maximum Gasteiger partial charge on any atom is 0.309 e. The molecule has 0 fully saturated rings. The van der Waals surface area contributed by atoms with Crippen LogP contribution in [0.5, 0.6) is 0 Å². The molecule has 0 aliphatic heterocycles. The van der Waals surface area contributed by atoms with Crippen LogP contribution in [0.2, 0.25) is 0 Å². The molecule has 0 aliphatic carbocycles. The van der Waals surface area contributed by atoms with Crippen molar-refractivity contribution in [1.29, 1.82) is 0 Å². The van der Waals surface area contributed by atoms with Crippen LogP contribution in [0, 0.1) is 0 Å². The van der Waals surface area contributed by atoms with Crippen molar-refractivity contribution >= 4 is 12.0 Å². The second-order valence-electron chi connectivity index (χ2n) is 4.08. The van der Waals surface area contributed by atoms with E-state index in [1.807, 2.05) is 30.3 Å². The van der Waals surface area contributed by atoms with Gasteiger partial charge in [-0.15, -0.1) is 0 Å². The van der Waals surface area contributed by atoms with Crippen LogP contribution in [0.25, 0.3) is 6.08 Å². The zero-order valence-electron chi connectivity index (χ0n) is 10.2. The Labute approximate surface area is 102 Å². The zero-order chi connectivity index (χ0) is 12.7. The van der Waals surface area contributed by atoms with Crippen molar-refractivity contribution in [3.63, 3.8) is 0 Å². The summed E-state index contributed by atoms with van der Waals surface area (Å²) in [5.41, 5.74) is -0.195. The smallest absolute Gasteiger partial charge is 0.309 e. The average Bonchev–Trinajstić information content (AvgIpc) is 2.27. The Morgan fingerprint density at radius 1 is 1.41 bits per heavy atom. The molecule has 0 saturated heterocycles. The predicted molar refractivity (Wildman–Crippen MR) is 67.3 cm³/mol. The van der Waals surface area contributed by atoms with Crippen molar-refractivity contribution < 1.29 is 14.6 Å². The fraction of sp³-hybridized carbons (Fsp3) is 0.357. The van der Waals surface area contributed by atoms with Gasteiger partial charge >= 0.3 is 5.97 Å². The molecular formula is C14H18O3. The number of rotatable bonds is 5. The quantitative estimate of drug-likeness (QED) is 0.796. The Balaban J connectivity index is 2.60. The third kappa shape index (κ3) is 5.31. The van der Waals surface area contributed by atoms with Crippen LogP contribution in [-0.2, 0) is 9.53 Å². The van der Waals surface area contributed by atoms with Gasteiger partial charge in [0, 0.05) is 0 Å². The summed E-state index contributed by atoms with van der Waals surface area (Å²) in [7, 11) is 0. The molecule has 3 nitrogen and oxygen atoms in total. The van der Waals surface area contributed by atoms with Crippen molar-refractivity contribution in [3.05, 3.63) is 42.0 Å². The molecule has 3 heteroatoms. The molecular weight excluding hydrogens is 216 g/mol. The molecule has 92 valence electrons. The summed E-state index contributed by atoms with van der Waals surface area (Å²) >= 11 is 0. The van der Waals surface area contributed by atoms with E-state index in [4.69, 9.17) is 4.74 Å². The minimum Gasteiger partial charge on any atom is -0.466 e. The van der Waals surface area contributed by atoms with Gasteiger partial charge in [0.25, 0.3) is 0 Å². The number of aliphatic hydroxyl groups is 1. The molecule has 0 saturated carbocycles. The third-order valence-electron chi connectivity index (χ3n) is 2.24. The summed E-state index contributed by atoms with van der Waals surface area (Å²) in [5, 5.41) is 9.99. The lowest BCUT2D eigenvalue weighted by Crippen LogP contribution is -2.26. The van der Waals surface area contributed by atoms with Crippen LogP contribution < -0.4 is 0 Å². The lowest BCUT2D eigenvalue weighted by molar-refractivity contribution is -0.146. The van der Waals surface area contributed by atoms with E-state index in [2.05, 4.69) is 0 Å². The molecule has 1 N–H and O–H groups in total. The normalized spacial score (nSPS) is 14.5. The van der Waals surface area contributed by atoms with E-state index in [0.29, 0.717) is 6.61 Å². The topological polar surface area (TPSA) is 46.5 Å². The number of carbonyl (C=O) groups excluding carboxylic acids is 1. The summed E-state index contributed by atoms with van der Waals surface area (Å²) in [4.78, 5) is 11.3. The fourth-order valence-corrected chi connectivity index (χ4v) is 1.40. The van der Waals surface area contributed by atoms with E-state index < -0.39 is 11.6 Å². The van der Waals surface area contributed by atoms with Gasteiger partial charge in [0.15, 0.2) is 0 Å². The summed E-state index contributed by atoms with van der Waals surface area (Å²) in [6.45, 7) is 3.66.